The van der Waals surface area contributed by atoms with E-state index in [0.29, 0.717) is 13.1 Å². The number of nitrogen functional groups attached to an aromatic ring is 1. The predicted molar refractivity (Wildman–Crippen MR) is 119 cm³/mol. The summed E-state index contributed by atoms with van der Waals surface area (Å²) in [6.07, 6.45) is 3.74. The molecule has 0 amide bonds. The van der Waals surface area contributed by atoms with Gasteiger partial charge in [-0.15, -0.1) is 0 Å². The van der Waals surface area contributed by atoms with Gasteiger partial charge in [-0.25, -0.2) is 0 Å². The third kappa shape index (κ3) is 12.9. The maximum atomic E-state index is 11.2. The second-order valence-electron chi connectivity index (χ2n) is 7.14. The molecule has 0 bridgehead atoms. The molecule has 0 spiro atoms. The highest BCUT2D eigenvalue weighted by Gasteiger charge is 2.22. The summed E-state index contributed by atoms with van der Waals surface area (Å²) in [5.74, 6) is -1.57. The lowest BCUT2D eigenvalue weighted by Crippen LogP contribution is -2.47. The fraction of sp³-hybridized carbons (Fsp3) is 0.591. The molecule has 0 fully saturated rings. The Morgan fingerprint density at radius 1 is 1.03 bits per heavy atom. The Kier molecular flexibility index (Phi) is 15.0. The molecule has 1 rings (SSSR count). The van der Waals surface area contributed by atoms with Gasteiger partial charge >= 0.3 is 11.9 Å². The average Bonchev–Trinajstić information content (AvgIpc) is 2.69. The lowest BCUT2D eigenvalue weighted by Gasteiger charge is -2.34. The van der Waals surface area contributed by atoms with Crippen LogP contribution in [0.5, 0.6) is 0 Å². The zero-order valence-corrected chi connectivity index (χ0v) is 18.4. The Balaban J connectivity index is 0.00000150. The highest BCUT2D eigenvalue weighted by Crippen LogP contribution is 2.14. The zero-order valence-electron chi connectivity index (χ0n) is 18.4. The molecule has 0 aliphatic carbocycles. The van der Waals surface area contributed by atoms with Crippen molar-refractivity contribution in [3.8, 4) is 0 Å². The second-order valence-corrected chi connectivity index (χ2v) is 7.14. The van der Waals surface area contributed by atoms with E-state index in [1.807, 2.05) is 36.1 Å². The van der Waals surface area contributed by atoms with E-state index >= 15 is 0 Å². The van der Waals surface area contributed by atoms with E-state index in [0.717, 1.165) is 49.9 Å². The largest absolute Gasteiger partial charge is 0.481 e. The van der Waals surface area contributed by atoms with Crippen molar-refractivity contribution in [1.82, 2.24) is 9.80 Å². The van der Waals surface area contributed by atoms with E-state index in [9.17, 15) is 14.4 Å². The van der Waals surface area contributed by atoms with Gasteiger partial charge in [0.25, 0.3) is 0 Å². The molecule has 8 heteroatoms. The zero-order chi connectivity index (χ0) is 22.9. The molecule has 4 N–H and O–H groups in total. The molecule has 0 aliphatic heterocycles. The molecule has 1 unspecified atom stereocenters. The lowest BCUT2D eigenvalue weighted by atomic mass is 10.0. The fourth-order valence-corrected chi connectivity index (χ4v) is 3.08. The molecule has 8 nitrogen and oxygen atoms in total. The fourth-order valence-electron chi connectivity index (χ4n) is 3.08. The molecular weight excluding hydrogens is 386 g/mol. The van der Waals surface area contributed by atoms with Gasteiger partial charge in [-0.1, -0.05) is 32.9 Å². The van der Waals surface area contributed by atoms with Crippen LogP contribution in [0.1, 0.15) is 45.6 Å². The van der Waals surface area contributed by atoms with Crippen LogP contribution in [0.25, 0.3) is 0 Å². The Labute approximate surface area is 179 Å². The van der Waals surface area contributed by atoms with E-state index in [-0.39, 0.29) is 19.0 Å². The first-order chi connectivity index (χ1) is 14.3. The number of rotatable bonds is 14. The van der Waals surface area contributed by atoms with Gasteiger partial charge in [0.2, 0.25) is 0 Å². The topological polar surface area (TPSA) is 124 Å². The highest BCUT2D eigenvalue weighted by atomic mass is 16.4. The van der Waals surface area contributed by atoms with Crippen molar-refractivity contribution in [3.05, 3.63) is 29.8 Å². The molecular formula is C22H37N3O5. The standard InChI is InChI=1S/C19H31N3O3.C3H6O2/c1-3-9-21(15-19(24)25)14-18(22(10-4-2)11-12-23)13-16-5-7-17(20)8-6-16;1-2-3(4)5/h5-8,12,18H,3-4,9-11,13-15,20H2,1-2H3,(H,24,25);2H2,1H3,(H,4,5). The minimum atomic E-state index is -0.822. The quantitative estimate of drug-likeness (QED) is 0.308. The molecule has 0 radical (unpaired) electrons. The molecule has 0 heterocycles. The van der Waals surface area contributed by atoms with Crippen LogP contribution in [0.15, 0.2) is 24.3 Å². The number of carbonyl (C=O) groups excluding carboxylic acids is 1. The summed E-state index contributed by atoms with van der Waals surface area (Å²) >= 11 is 0. The third-order valence-electron chi connectivity index (χ3n) is 4.46. The van der Waals surface area contributed by atoms with Gasteiger partial charge in [0.05, 0.1) is 13.1 Å². The van der Waals surface area contributed by atoms with Gasteiger partial charge in [-0.3, -0.25) is 19.4 Å². The molecule has 1 aromatic rings. The van der Waals surface area contributed by atoms with Crippen LogP contribution in [-0.4, -0.2) is 77.0 Å². The summed E-state index contributed by atoms with van der Waals surface area (Å²) in [5.41, 5.74) is 7.61. The highest BCUT2D eigenvalue weighted by molar-refractivity contribution is 5.69. The van der Waals surface area contributed by atoms with Gasteiger partial charge in [-0.2, -0.15) is 0 Å². The van der Waals surface area contributed by atoms with Gasteiger partial charge in [0, 0.05) is 24.7 Å². The van der Waals surface area contributed by atoms with Crippen LogP contribution >= 0.6 is 0 Å². The van der Waals surface area contributed by atoms with Crippen LogP contribution in [-0.2, 0) is 20.8 Å². The van der Waals surface area contributed by atoms with Crippen molar-refractivity contribution in [3.63, 3.8) is 0 Å². The monoisotopic (exact) mass is 423 g/mol. The van der Waals surface area contributed by atoms with E-state index in [1.54, 1.807) is 6.92 Å². The summed E-state index contributed by atoms with van der Waals surface area (Å²) < 4.78 is 0. The number of aliphatic carboxylic acids is 2. The number of carboxylic acid groups (broad SMARTS) is 2. The minimum Gasteiger partial charge on any atom is -0.481 e. The molecule has 0 aliphatic rings. The maximum absolute atomic E-state index is 11.2. The van der Waals surface area contributed by atoms with Gasteiger partial charge in [-0.05, 0) is 50.0 Å². The number of benzene rings is 1. The number of hydrogen-bond acceptors (Lipinski definition) is 6. The molecule has 0 saturated carbocycles. The number of anilines is 1. The Morgan fingerprint density at radius 3 is 2.03 bits per heavy atom. The van der Waals surface area contributed by atoms with Crippen molar-refractivity contribution in [2.24, 2.45) is 0 Å². The van der Waals surface area contributed by atoms with Crippen LogP contribution in [0, 0.1) is 0 Å². The van der Waals surface area contributed by atoms with Crippen molar-refractivity contribution >= 4 is 23.9 Å². The van der Waals surface area contributed by atoms with Crippen LogP contribution in [0.2, 0.25) is 0 Å². The number of nitrogens with zero attached hydrogens (tertiary/aromatic N) is 2. The molecule has 1 atom stereocenters. The first-order valence-corrected chi connectivity index (χ1v) is 10.4. The summed E-state index contributed by atoms with van der Waals surface area (Å²) in [7, 11) is 0. The molecule has 1 aromatic carbocycles. The first kappa shape index (κ1) is 27.5. The first-order valence-electron chi connectivity index (χ1n) is 10.4. The summed E-state index contributed by atoms with van der Waals surface area (Å²) in [6.45, 7) is 8.27. The molecule has 0 aromatic heterocycles. The Hall–Kier alpha value is -2.45. The van der Waals surface area contributed by atoms with Gasteiger partial charge in [0.1, 0.15) is 6.29 Å². The maximum Gasteiger partial charge on any atom is 0.317 e. The van der Waals surface area contributed by atoms with E-state index in [4.69, 9.17) is 15.9 Å². The SMILES string of the molecule is CCC(=O)O.CCCN(CC(=O)O)CC(Cc1ccc(N)cc1)N(CC=O)CCC. The lowest BCUT2D eigenvalue weighted by molar-refractivity contribution is -0.139. The third-order valence-corrected chi connectivity index (χ3v) is 4.46. The van der Waals surface area contributed by atoms with Crippen molar-refractivity contribution < 1.29 is 24.6 Å². The number of carboxylic acids is 2. The second kappa shape index (κ2) is 16.4. The summed E-state index contributed by atoms with van der Waals surface area (Å²) in [5, 5.41) is 16.9. The van der Waals surface area contributed by atoms with Crippen LogP contribution in [0.3, 0.4) is 0 Å². The van der Waals surface area contributed by atoms with Crippen molar-refractivity contribution in [1.29, 1.82) is 0 Å². The number of nitrogens with two attached hydrogens (primary N) is 1. The predicted octanol–water partition coefficient (Wildman–Crippen LogP) is 2.37. The van der Waals surface area contributed by atoms with Crippen molar-refractivity contribution in [2.45, 2.75) is 52.5 Å². The molecule has 30 heavy (non-hydrogen) atoms. The Morgan fingerprint density at radius 2 is 1.60 bits per heavy atom. The molecule has 170 valence electrons. The number of aldehydes is 1. The van der Waals surface area contributed by atoms with Gasteiger partial charge < -0.3 is 20.7 Å². The van der Waals surface area contributed by atoms with Crippen LogP contribution in [0.4, 0.5) is 5.69 Å². The smallest absolute Gasteiger partial charge is 0.317 e. The van der Waals surface area contributed by atoms with Crippen molar-refractivity contribution in [2.75, 3.05) is 38.5 Å². The Bertz CT molecular complexity index is 622. The number of carbonyl (C=O) groups is 3. The summed E-state index contributed by atoms with van der Waals surface area (Å²) in [4.78, 5) is 35.7. The summed E-state index contributed by atoms with van der Waals surface area (Å²) in [6, 6.07) is 7.82. The average molecular weight is 424 g/mol. The van der Waals surface area contributed by atoms with Gasteiger partial charge in [0.15, 0.2) is 0 Å². The number of hydrogen-bond donors (Lipinski definition) is 3. The minimum absolute atomic E-state index is 0.0210. The van der Waals surface area contributed by atoms with E-state index in [1.165, 1.54) is 0 Å². The normalized spacial score (nSPS) is 11.6. The van der Waals surface area contributed by atoms with E-state index < -0.39 is 11.9 Å². The van der Waals surface area contributed by atoms with E-state index in [2.05, 4.69) is 11.8 Å². The molecule has 0 saturated heterocycles. The van der Waals surface area contributed by atoms with Crippen LogP contribution < -0.4 is 5.73 Å².